The van der Waals surface area contributed by atoms with Crippen molar-refractivity contribution in [1.82, 2.24) is 19.8 Å². The Morgan fingerprint density at radius 1 is 1.10 bits per heavy atom. The number of hydrogen-bond donors (Lipinski definition) is 2. The van der Waals surface area contributed by atoms with E-state index in [-0.39, 0.29) is 24.6 Å². The van der Waals surface area contributed by atoms with Gasteiger partial charge in [0.15, 0.2) is 5.96 Å². The number of rotatable bonds is 5. The Morgan fingerprint density at radius 2 is 1.86 bits per heavy atom. The maximum atomic E-state index is 14.1. The summed E-state index contributed by atoms with van der Waals surface area (Å²) in [4.78, 5) is 25.5. The zero-order chi connectivity index (χ0) is 29.8. The van der Waals surface area contributed by atoms with Gasteiger partial charge >= 0.3 is 0 Å². The molecule has 6 atom stereocenters. The predicted octanol–water partition coefficient (Wildman–Crippen LogP) is 5.44. The molecule has 0 unspecified atom stereocenters. The summed E-state index contributed by atoms with van der Waals surface area (Å²) in [6.07, 6.45) is 4.20. The Morgan fingerprint density at radius 3 is 2.55 bits per heavy atom. The summed E-state index contributed by atoms with van der Waals surface area (Å²) >= 11 is 0. The maximum Gasteiger partial charge on any atom is 0.261 e. The van der Waals surface area contributed by atoms with Crippen LogP contribution in [0.5, 0.6) is 0 Å². The van der Waals surface area contributed by atoms with E-state index in [1.165, 1.54) is 29.4 Å². The number of fused-ring (bicyclic) bond motifs is 3. The fourth-order valence-corrected chi connectivity index (χ4v) is 7.63. The van der Waals surface area contributed by atoms with Gasteiger partial charge in [0, 0.05) is 43.5 Å². The standard InChI is InChI=1S/C33H42F2N6O/c1-19-16-41(17-20(2)37-19)32(39-29-13-23-12-27(21(29)3)33(23,4)5)38-25-8-9-26-30(15-25)36-18-40(31(26)42)11-10-22-6-7-24(34)14-28(22)35/h6-9,14-15,18-21,23,27,29,37H,10-13,16-17H2,1-5H3,(H,38,39)/t19-,20-,21-,23+,27-,29-/m0/s1. The smallest absolute Gasteiger partial charge is 0.261 e. The van der Waals surface area contributed by atoms with Gasteiger partial charge in [-0.1, -0.05) is 26.8 Å². The van der Waals surface area contributed by atoms with Crippen LogP contribution in [0.15, 0.2) is 52.5 Å². The van der Waals surface area contributed by atoms with Crippen LogP contribution in [0.2, 0.25) is 0 Å². The molecule has 2 heterocycles. The molecule has 2 aromatic carbocycles. The average molecular weight is 577 g/mol. The molecule has 2 bridgehead atoms. The molecule has 0 spiro atoms. The largest absolute Gasteiger partial charge is 0.340 e. The monoisotopic (exact) mass is 576 g/mol. The summed E-state index contributed by atoms with van der Waals surface area (Å²) in [6, 6.07) is 10.1. The minimum absolute atomic E-state index is 0.189. The van der Waals surface area contributed by atoms with E-state index in [9.17, 15) is 13.6 Å². The third-order valence-corrected chi connectivity index (χ3v) is 10.2. The number of aliphatic imine (C=N–C) groups is 1. The minimum atomic E-state index is -0.617. The lowest BCUT2D eigenvalue weighted by molar-refractivity contribution is -0.108. The van der Waals surface area contributed by atoms with Gasteiger partial charge in [-0.05, 0) is 86.1 Å². The molecule has 3 saturated carbocycles. The SMILES string of the molecule is C[C@@H]1[C@@H](N=C(Nc2ccc3c(=O)n(CCc4ccc(F)cc4F)cnc3c2)N2C[C@H](C)N[C@@H](C)C2)C[C@H]2C[C@@H]1C2(C)C. The Balaban J connectivity index is 1.24. The normalized spacial score (nSPS) is 28.9. The number of aromatic nitrogens is 2. The lowest BCUT2D eigenvalue weighted by Crippen LogP contribution is -2.59. The van der Waals surface area contributed by atoms with Crippen LogP contribution in [0.4, 0.5) is 14.5 Å². The number of aryl methyl sites for hydroxylation is 2. The van der Waals surface area contributed by atoms with Crippen LogP contribution in [0, 0.1) is 34.8 Å². The second-order valence-electron chi connectivity index (χ2n) is 13.4. The first-order valence-electron chi connectivity index (χ1n) is 15.3. The molecule has 4 fully saturated rings. The van der Waals surface area contributed by atoms with Gasteiger partial charge in [-0.25, -0.2) is 18.8 Å². The molecular weight excluding hydrogens is 534 g/mol. The number of halogens is 2. The van der Waals surface area contributed by atoms with Crippen molar-refractivity contribution in [1.29, 1.82) is 0 Å². The molecule has 2 N–H and O–H groups in total. The van der Waals surface area contributed by atoms with E-state index in [2.05, 4.69) is 55.1 Å². The predicted molar refractivity (Wildman–Crippen MR) is 164 cm³/mol. The third kappa shape index (κ3) is 5.43. The summed E-state index contributed by atoms with van der Waals surface area (Å²) in [7, 11) is 0. The fraction of sp³-hybridized carbons (Fsp3) is 0.545. The first kappa shape index (κ1) is 28.8. The van der Waals surface area contributed by atoms with Crippen LogP contribution in [0.3, 0.4) is 0 Å². The van der Waals surface area contributed by atoms with E-state index >= 15 is 0 Å². The Kier molecular flexibility index (Phi) is 7.58. The fourth-order valence-electron chi connectivity index (χ4n) is 7.63. The molecule has 1 saturated heterocycles. The van der Waals surface area contributed by atoms with Crippen molar-refractivity contribution in [3.63, 3.8) is 0 Å². The molecule has 0 amide bonds. The highest BCUT2D eigenvalue weighted by Crippen LogP contribution is 2.61. The van der Waals surface area contributed by atoms with Crippen molar-refractivity contribution in [2.75, 3.05) is 18.4 Å². The van der Waals surface area contributed by atoms with Gasteiger partial charge in [0.05, 0.1) is 23.3 Å². The van der Waals surface area contributed by atoms with Crippen LogP contribution in [-0.2, 0) is 13.0 Å². The molecule has 9 heteroatoms. The molecule has 3 aliphatic carbocycles. The van der Waals surface area contributed by atoms with Crippen molar-refractivity contribution in [3.05, 3.63) is 70.3 Å². The van der Waals surface area contributed by atoms with Gasteiger partial charge in [-0.2, -0.15) is 0 Å². The molecule has 42 heavy (non-hydrogen) atoms. The van der Waals surface area contributed by atoms with E-state index in [0.717, 1.165) is 43.1 Å². The molecule has 4 aliphatic rings. The summed E-state index contributed by atoms with van der Waals surface area (Å²) in [5, 5.41) is 7.73. The van der Waals surface area contributed by atoms with Crippen LogP contribution < -0.4 is 16.2 Å². The molecule has 224 valence electrons. The molecule has 7 nitrogen and oxygen atoms in total. The number of benzene rings is 2. The number of guanidine groups is 1. The topological polar surface area (TPSA) is 74.5 Å². The van der Waals surface area contributed by atoms with Crippen molar-refractivity contribution in [3.8, 4) is 0 Å². The highest BCUT2D eigenvalue weighted by Gasteiger charge is 2.56. The first-order valence-corrected chi connectivity index (χ1v) is 15.3. The van der Waals surface area contributed by atoms with E-state index in [1.54, 1.807) is 6.07 Å². The van der Waals surface area contributed by atoms with Crippen LogP contribution >= 0.6 is 0 Å². The zero-order valence-corrected chi connectivity index (χ0v) is 25.2. The van der Waals surface area contributed by atoms with E-state index in [4.69, 9.17) is 4.99 Å². The number of anilines is 1. The van der Waals surface area contributed by atoms with Crippen LogP contribution in [-0.4, -0.2) is 51.6 Å². The Labute approximate surface area is 246 Å². The second kappa shape index (κ2) is 11.1. The number of nitrogens with one attached hydrogen (secondary N) is 2. The van der Waals surface area contributed by atoms with Gasteiger partial charge in [0.1, 0.15) is 11.6 Å². The quantitative estimate of drug-likeness (QED) is 0.313. The maximum absolute atomic E-state index is 14.1. The van der Waals surface area contributed by atoms with E-state index < -0.39 is 11.6 Å². The summed E-state index contributed by atoms with van der Waals surface area (Å²) in [5.74, 6) is 1.62. The lowest BCUT2D eigenvalue weighted by Gasteiger charge is -2.61. The zero-order valence-electron chi connectivity index (χ0n) is 25.2. The van der Waals surface area contributed by atoms with Gasteiger partial charge in [0.25, 0.3) is 5.56 Å². The molecule has 3 aromatic rings. The molecule has 1 aromatic heterocycles. The van der Waals surface area contributed by atoms with Gasteiger partial charge < -0.3 is 15.5 Å². The Hall–Kier alpha value is -3.33. The average Bonchev–Trinajstić information content (AvgIpc) is 2.93. The van der Waals surface area contributed by atoms with Crippen molar-refractivity contribution in [2.24, 2.45) is 28.2 Å². The van der Waals surface area contributed by atoms with E-state index in [0.29, 0.717) is 45.8 Å². The van der Waals surface area contributed by atoms with Crippen LogP contribution in [0.25, 0.3) is 10.9 Å². The minimum Gasteiger partial charge on any atom is -0.340 e. The van der Waals surface area contributed by atoms with Gasteiger partial charge in [0.2, 0.25) is 0 Å². The molecular formula is C33H42F2N6O. The van der Waals surface area contributed by atoms with Crippen molar-refractivity contribution in [2.45, 2.75) is 78.6 Å². The lowest BCUT2D eigenvalue weighted by atomic mass is 9.45. The number of piperazine rings is 1. The summed E-state index contributed by atoms with van der Waals surface area (Å²) in [6.45, 7) is 13.6. The molecule has 0 radical (unpaired) electrons. The number of nitrogens with zero attached hydrogens (tertiary/aromatic N) is 4. The summed E-state index contributed by atoms with van der Waals surface area (Å²) in [5.41, 5.74) is 2.00. The highest BCUT2D eigenvalue weighted by molar-refractivity contribution is 5.96. The van der Waals surface area contributed by atoms with Crippen molar-refractivity contribution >= 4 is 22.5 Å². The molecule has 1 aliphatic heterocycles. The summed E-state index contributed by atoms with van der Waals surface area (Å²) < 4.78 is 28.8. The van der Waals surface area contributed by atoms with E-state index in [1.807, 2.05) is 12.1 Å². The first-order chi connectivity index (χ1) is 20.0. The van der Waals surface area contributed by atoms with Gasteiger partial charge in [-0.3, -0.25) is 9.36 Å². The highest BCUT2D eigenvalue weighted by atomic mass is 19.1. The Bertz CT molecular complexity index is 1560. The second-order valence-corrected chi connectivity index (χ2v) is 13.4. The van der Waals surface area contributed by atoms with Crippen LogP contribution in [0.1, 0.15) is 53.0 Å². The van der Waals surface area contributed by atoms with Crippen molar-refractivity contribution < 1.29 is 8.78 Å². The molecule has 7 rings (SSSR count). The third-order valence-electron chi connectivity index (χ3n) is 10.2. The number of hydrogen-bond acceptors (Lipinski definition) is 4. The van der Waals surface area contributed by atoms with Gasteiger partial charge in [-0.15, -0.1) is 0 Å².